The van der Waals surface area contributed by atoms with E-state index >= 15 is 0 Å². The van der Waals surface area contributed by atoms with Crippen molar-refractivity contribution in [3.8, 4) is 17.2 Å². The number of hydrogen-bond donors (Lipinski definition) is 3. The Kier molecular flexibility index (Phi) is 7.69. The number of carbonyl (C=O) groups excluding carboxylic acids is 2. The molecule has 0 saturated heterocycles. The molecule has 2 aromatic carbocycles. The number of carbonyl (C=O) groups is 2. The van der Waals surface area contributed by atoms with Gasteiger partial charge in [0, 0.05) is 35.8 Å². The third kappa shape index (κ3) is 5.57. The second-order valence-electron chi connectivity index (χ2n) is 6.62. The number of urea groups is 1. The van der Waals surface area contributed by atoms with E-state index in [1.165, 1.54) is 14.2 Å². The Morgan fingerprint density at radius 2 is 1.91 bits per heavy atom. The Balaban J connectivity index is 1.91. The topological polar surface area (TPSA) is 111 Å². The number of nitrogens with zero attached hydrogens (tertiary/aromatic N) is 1. The molecule has 3 N–H and O–H groups in total. The molecular weight excluding hydrogens is 436 g/mol. The monoisotopic (exact) mass is 458 g/mol. The first-order valence-electron chi connectivity index (χ1n) is 9.74. The molecular formula is C22H23ClN4O5. The second-order valence-corrected chi connectivity index (χ2v) is 7.03. The smallest absolute Gasteiger partial charge is 0.319 e. The van der Waals surface area contributed by atoms with Crippen LogP contribution < -0.4 is 25.6 Å². The van der Waals surface area contributed by atoms with Gasteiger partial charge in [-0.05, 0) is 31.2 Å². The van der Waals surface area contributed by atoms with Crippen LogP contribution in [0.1, 0.15) is 12.5 Å². The van der Waals surface area contributed by atoms with Gasteiger partial charge in [0.1, 0.15) is 17.2 Å². The number of ether oxygens (including phenoxy) is 2. The SMILES string of the molecule is CCNC(=O)Nc1ccc(Oc2ccnc3cc(OC)c(CC(=O)NOC)cc23)cc1Cl. The number of amides is 3. The van der Waals surface area contributed by atoms with Crippen LogP contribution in [0.2, 0.25) is 5.02 Å². The molecule has 0 aliphatic carbocycles. The van der Waals surface area contributed by atoms with Gasteiger partial charge in [-0.1, -0.05) is 11.6 Å². The number of halogens is 1. The fraction of sp³-hybridized carbons (Fsp3) is 0.227. The zero-order valence-corrected chi connectivity index (χ0v) is 18.6. The predicted octanol–water partition coefficient (Wildman–Crippen LogP) is 4.05. The van der Waals surface area contributed by atoms with Gasteiger partial charge in [0.25, 0.3) is 0 Å². The lowest BCUT2D eigenvalue weighted by molar-refractivity contribution is -0.130. The van der Waals surface area contributed by atoms with Crippen LogP contribution in [-0.4, -0.2) is 37.7 Å². The van der Waals surface area contributed by atoms with E-state index in [2.05, 4.69) is 25.9 Å². The first-order chi connectivity index (χ1) is 15.4. The van der Waals surface area contributed by atoms with Crippen LogP contribution in [-0.2, 0) is 16.1 Å². The fourth-order valence-electron chi connectivity index (χ4n) is 3.05. The lowest BCUT2D eigenvalue weighted by atomic mass is 10.1. The summed E-state index contributed by atoms with van der Waals surface area (Å²) < 4.78 is 11.5. The summed E-state index contributed by atoms with van der Waals surface area (Å²) in [5.41, 5.74) is 4.03. The number of anilines is 1. The maximum atomic E-state index is 12.0. The molecule has 0 aliphatic rings. The van der Waals surface area contributed by atoms with Crippen LogP contribution >= 0.6 is 11.6 Å². The molecule has 9 nitrogen and oxygen atoms in total. The van der Waals surface area contributed by atoms with Crippen molar-refractivity contribution >= 4 is 40.1 Å². The summed E-state index contributed by atoms with van der Waals surface area (Å²) in [6.45, 7) is 2.32. The van der Waals surface area contributed by atoms with E-state index in [1.54, 1.807) is 42.6 Å². The molecule has 1 aromatic heterocycles. The van der Waals surface area contributed by atoms with E-state index in [4.69, 9.17) is 21.1 Å². The molecule has 0 fully saturated rings. The van der Waals surface area contributed by atoms with Crippen LogP contribution in [0, 0.1) is 0 Å². The van der Waals surface area contributed by atoms with Crippen molar-refractivity contribution in [2.24, 2.45) is 0 Å². The highest BCUT2D eigenvalue weighted by Crippen LogP contribution is 2.35. The number of fused-ring (bicyclic) bond motifs is 1. The van der Waals surface area contributed by atoms with Crippen LogP contribution in [0.5, 0.6) is 17.2 Å². The number of rotatable bonds is 8. The Labute approximate surface area is 190 Å². The highest BCUT2D eigenvalue weighted by molar-refractivity contribution is 6.33. The molecule has 168 valence electrons. The van der Waals surface area contributed by atoms with Gasteiger partial charge in [0.15, 0.2) is 0 Å². The van der Waals surface area contributed by atoms with Crippen LogP contribution in [0.4, 0.5) is 10.5 Å². The van der Waals surface area contributed by atoms with E-state index in [9.17, 15) is 9.59 Å². The van der Waals surface area contributed by atoms with E-state index in [0.29, 0.717) is 51.0 Å². The summed E-state index contributed by atoms with van der Waals surface area (Å²) in [7, 11) is 2.89. The zero-order valence-electron chi connectivity index (χ0n) is 17.8. The quantitative estimate of drug-likeness (QED) is 0.439. The number of pyridine rings is 1. The predicted molar refractivity (Wildman–Crippen MR) is 121 cm³/mol. The number of benzene rings is 2. The maximum Gasteiger partial charge on any atom is 0.319 e. The number of aromatic nitrogens is 1. The van der Waals surface area contributed by atoms with Crippen molar-refractivity contribution in [3.63, 3.8) is 0 Å². The van der Waals surface area contributed by atoms with Gasteiger partial charge < -0.3 is 20.1 Å². The minimum absolute atomic E-state index is 0.0489. The summed E-state index contributed by atoms with van der Waals surface area (Å²) in [6, 6.07) is 9.84. The Morgan fingerprint density at radius 3 is 2.59 bits per heavy atom. The lowest BCUT2D eigenvalue weighted by Gasteiger charge is -2.14. The molecule has 32 heavy (non-hydrogen) atoms. The van der Waals surface area contributed by atoms with Gasteiger partial charge in [-0.25, -0.2) is 10.3 Å². The zero-order chi connectivity index (χ0) is 23.1. The van der Waals surface area contributed by atoms with Crippen molar-refractivity contribution < 1.29 is 23.9 Å². The molecule has 0 aliphatic heterocycles. The molecule has 0 atom stereocenters. The Morgan fingerprint density at radius 1 is 1.09 bits per heavy atom. The molecule has 10 heteroatoms. The average molecular weight is 459 g/mol. The van der Waals surface area contributed by atoms with Gasteiger partial charge in [0.2, 0.25) is 5.91 Å². The highest BCUT2D eigenvalue weighted by atomic mass is 35.5. The summed E-state index contributed by atoms with van der Waals surface area (Å²) >= 11 is 6.30. The summed E-state index contributed by atoms with van der Waals surface area (Å²) in [5.74, 6) is 1.20. The maximum absolute atomic E-state index is 12.0. The van der Waals surface area contributed by atoms with Crippen molar-refractivity contribution in [2.45, 2.75) is 13.3 Å². The van der Waals surface area contributed by atoms with Gasteiger partial charge in [-0.3, -0.25) is 14.6 Å². The summed E-state index contributed by atoms with van der Waals surface area (Å²) in [4.78, 5) is 32.8. The molecule has 0 radical (unpaired) electrons. The number of hydrogen-bond acceptors (Lipinski definition) is 6. The Hall–Kier alpha value is -3.56. The summed E-state index contributed by atoms with van der Waals surface area (Å²) in [6.07, 6.45) is 1.66. The van der Waals surface area contributed by atoms with E-state index in [-0.39, 0.29) is 18.4 Å². The Bertz CT molecular complexity index is 1140. The van der Waals surface area contributed by atoms with Crippen molar-refractivity contribution in [2.75, 3.05) is 26.1 Å². The third-order valence-electron chi connectivity index (χ3n) is 4.42. The molecule has 0 saturated carbocycles. The molecule has 3 rings (SSSR count). The van der Waals surface area contributed by atoms with E-state index < -0.39 is 0 Å². The van der Waals surface area contributed by atoms with Gasteiger partial charge in [-0.15, -0.1) is 0 Å². The molecule has 0 spiro atoms. The van der Waals surface area contributed by atoms with Gasteiger partial charge in [0.05, 0.1) is 36.9 Å². The highest BCUT2D eigenvalue weighted by Gasteiger charge is 2.14. The van der Waals surface area contributed by atoms with Crippen molar-refractivity contribution in [1.82, 2.24) is 15.8 Å². The second kappa shape index (κ2) is 10.7. The van der Waals surface area contributed by atoms with E-state index in [1.807, 2.05) is 6.92 Å². The van der Waals surface area contributed by atoms with Gasteiger partial charge >= 0.3 is 6.03 Å². The average Bonchev–Trinajstić information content (AvgIpc) is 2.76. The lowest BCUT2D eigenvalue weighted by Crippen LogP contribution is -2.28. The minimum atomic E-state index is -0.345. The first kappa shape index (κ1) is 23.1. The van der Waals surface area contributed by atoms with Crippen LogP contribution in [0.25, 0.3) is 10.9 Å². The molecule has 1 heterocycles. The standard InChI is InChI=1S/C22H23ClN4O5/c1-4-24-22(29)26-17-6-5-14(11-16(17)23)32-19-7-8-25-18-12-20(30-2)13(9-15(18)19)10-21(28)27-31-3/h5-9,11-12H,4,10H2,1-3H3,(H,27,28)(H2,24,26,29). The van der Waals surface area contributed by atoms with Gasteiger partial charge in [-0.2, -0.15) is 0 Å². The van der Waals surface area contributed by atoms with E-state index in [0.717, 1.165) is 0 Å². The largest absolute Gasteiger partial charge is 0.496 e. The normalized spacial score (nSPS) is 10.5. The first-order valence-corrected chi connectivity index (χ1v) is 10.1. The summed E-state index contributed by atoms with van der Waals surface area (Å²) in [5, 5.41) is 6.32. The molecule has 3 aromatic rings. The van der Waals surface area contributed by atoms with Crippen LogP contribution in [0.3, 0.4) is 0 Å². The molecule has 0 unspecified atom stereocenters. The van der Waals surface area contributed by atoms with Crippen molar-refractivity contribution in [1.29, 1.82) is 0 Å². The molecule has 3 amide bonds. The number of methoxy groups -OCH3 is 1. The third-order valence-corrected chi connectivity index (χ3v) is 4.74. The number of hydroxylamine groups is 1. The fourth-order valence-corrected chi connectivity index (χ4v) is 3.27. The molecule has 0 bridgehead atoms. The van der Waals surface area contributed by atoms with Crippen LogP contribution in [0.15, 0.2) is 42.6 Å². The van der Waals surface area contributed by atoms with Crippen molar-refractivity contribution in [3.05, 3.63) is 53.2 Å². The minimum Gasteiger partial charge on any atom is -0.496 e. The number of nitrogens with one attached hydrogen (secondary N) is 3.